The van der Waals surface area contributed by atoms with E-state index in [4.69, 9.17) is 16.7 Å². The number of carbonyl (C=O) groups excluding carboxylic acids is 1. The van der Waals surface area contributed by atoms with E-state index in [0.29, 0.717) is 10.6 Å². The number of benzene rings is 2. The van der Waals surface area contributed by atoms with Crippen LogP contribution in [0, 0.1) is 5.82 Å². The molecule has 0 bridgehead atoms. The van der Waals surface area contributed by atoms with Gasteiger partial charge in [-0.15, -0.1) is 0 Å². The fourth-order valence-corrected chi connectivity index (χ4v) is 2.14. The molecule has 1 amide bonds. The Hall–Kier alpha value is -2.40. The lowest BCUT2D eigenvalue weighted by atomic mass is 10.1. The number of hydrogen-bond acceptors (Lipinski definition) is 2. The quantitative estimate of drug-likeness (QED) is 0.881. The molecule has 0 spiro atoms. The van der Waals surface area contributed by atoms with Gasteiger partial charge in [0.15, 0.2) is 0 Å². The number of amides is 1. The fourth-order valence-electron chi connectivity index (χ4n) is 1.97. The molecule has 0 aliphatic heterocycles. The Bertz CT molecular complexity index is 718. The van der Waals surface area contributed by atoms with Crippen molar-refractivity contribution < 1.29 is 19.1 Å². The lowest BCUT2D eigenvalue weighted by Crippen LogP contribution is -2.15. The molecule has 2 rings (SSSR count). The van der Waals surface area contributed by atoms with Crippen LogP contribution in [-0.2, 0) is 11.2 Å². The maximum atomic E-state index is 13.5. The van der Waals surface area contributed by atoms with Gasteiger partial charge < -0.3 is 10.4 Å². The number of carboxylic acids is 1. The predicted molar refractivity (Wildman–Crippen MR) is 81.8 cm³/mol. The average Bonchev–Trinajstić information content (AvgIpc) is 2.46. The van der Waals surface area contributed by atoms with E-state index in [1.807, 2.05) is 0 Å². The van der Waals surface area contributed by atoms with Gasteiger partial charge in [-0.25, -0.2) is 9.18 Å². The van der Waals surface area contributed by atoms with Crippen LogP contribution in [0.4, 0.5) is 10.1 Å². The molecule has 0 atom stereocenters. The first-order valence-electron chi connectivity index (χ1n) is 6.53. The molecule has 0 unspecified atom stereocenters. The van der Waals surface area contributed by atoms with Gasteiger partial charge in [-0.3, -0.25) is 4.79 Å². The molecule has 0 aromatic heterocycles. The smallest absolute Gasteiger partial charge is 0.337 e. The summed E-state index contributed by atoms with van der Waals surface area (Å²) in [5.74, 6) is -1.95. The first kappa shape index (κ1) is 16.0. The van der Waals surface area contributed by atoms with Gasteiger partial charge in [0.1, 0.15) is 5.82 Å². The van der Waals surface area contributed by atoms with Crippen molar-refractivity contribution in [2.45, 2.75) is 12.8 Å². The summed E-state index contributed by atoms with van der Waals surface area (Å²) >= 11 is 5.80. The molecule has 2 aromatic carbocycles. The van der Waals surface area contributed by atoms with E-state index in [1.54, 1.807) is 18.2 Å². The predicted octanol–water partition coefficient (Wildman–Crippen LogP) is 3.75. The van der Waals surface area contributed by atoms with Crippen molar-refractivity contribution in [3.63, 3.8) is 0 Å². The highest BCUT2D eigenvalue weighted by Gasteiger charge is 2.13. The third-order valence-corrected chi connectivity index (χ3v) is 3.30. The van der Waals surface area contributed by atoms with Gasteiger partial charge in [-0.05, 0) is 36.2 Å². The highest BCUT2D eigenvalue weighted by atomic mass is 35.5. The molecule has 4 nitrogen and oxygen atoms in total. The molecule has 0 saturated heterocycles. The third-order valence-electron chi connectivity index (χ3n) is 3.07. The Morgan fingerprint density at radius 1 is 1.18 bits per heavy atom. The van der Waals surface area contributed by atoms with Crippen molar-refractivity contribution >= 4 is 29.2 Å². The molecule has 0 saturated carbocycles. The van der Waals surface area contributed by atoms with Crippen LogP contribution in [0.25, 0.3) is 0 Å². The molecule has 0 heterocycles. The van der Waals surface area contributed by atoms with Crippen molar-refractivity contribution in [3.05, 3.63) is 64.4 Å². The summed E-state index contributed by atoms with van der Waals surface area (Å²) in [5, 5.41) is 11.9. The van der Waals surface area contributed by atoms with Crippen molar-refractivity contribution in [1.82, 2.24) is 0 Å². The van der Waals surface area contributed by atoms with E-state index in [2.05, 4.69) is 5.32 Å². The van der Waals surface area contributed by atoms with Crippen LogP contribution < -0.4 is 5.32 Å². The van der Waals surface area contributed by atoms with E-state index in [9.17, 15) is 14.0 Å². The standard InChI is InChI=1S/C16H13ClFNO3/c17-11-6-7-12(16(21)22)14(9-11)19-15(20)8-5-10-3-1-2-4-13(10)18/h1-4,6-7,9H,5,8H2,(H,19,20)(H,21,22). The second-order valence-corrected chi connectivity index (χ2v) is 5.07. The van der Waals surface area contributed by atoms with Gasteiger partial charge in [-0.1, -0.05) is 29.8 Å². The number of carboxylic acid groups (broad SMARTS) is 1. The summed E-state index contributed by atoms with van der Waals surface area (Å²) in [6.45, 7) is 0. The van der Waals surface area contributed by atoms with E-state index in [0.717, 1.165) is 0 Å². The lowest BCUT2D eigenvalue weighted by molar-refractivity contribution is -0.116. The number of hydrogen-bond donors (Lipinski definition) is 2. The van der Waals surface area contributed by atoms with Gasteiger partial charge in [0.25, 0.3) is 0 Å². The Labute approximate surface area is 131 Å². The second-order valence-electron chi connectivity index (χ2n) is 4.63. The van der Waals surface area contributed by atoms with Gasteiger partial charge in [-0.2, -0.15) is 0 Å². The van der Waals surface area contributed by atoms with Crippen LogP contribution in [0.15, 0.2) is 42.5 Å². The molecule has 2 aromatic rings. The lowest BCUT2D eigenvalue weighted by Gasteiger charge is -2.09. The van der Waals surface area contributed by atoms with Crippen molar-refractivity contribution in [1.29, 1.82) is 0 Å². The molecule has 22 heavy (non-hydrogen) atoms. The molecule has 6 heteroatoms. The van der Waals surface area contributed by atoms with Crippen LogP contribution in [0.3, 0.4) is 0 Å². The number of carbonyl (C=O) groups is 2. The van der Waals surface area contributed by atoms with Crippen LogP contribution in [0.2, 0.25) is 5.02 Å². The van der Waals surface area contributed by atoms with Crippen molar-refractivity contribution in [3.8, 4) is 0 Å². The first-order chi connectivity index (χ1) is 10.5. The molecular weight excluding hydrogens is 309 g/mol. The largest absolute Gasteiger partial charge is 0.478 e. The normalized spacial score (nSPS) is 10.3. The molecule has 0 fully saturated rings. The maximum absolute atomic E-state index is 13.5. The van der Waals surface area contributed by atoms with E-state index < -0.39 is 11.9 Å². The zero-order chi connectivity index (χ0) is 16.1. The Balaban J connectivity index is 2.05. The zero-order valence-electron chi connectivity index (χ0n) is 11.5. The Kier molecular flexibility index (Phi) is 5.12. The number of rotatable bonds is 5. The van der Waals surface area contributed by atoms with Crippen LogP contribution in [-0.4, -0.2) is 17.0 Å². The average molecular weight is 322 g/mol. The van der Waals surface area contributed by atoms with Crippen molar-refractivity contribution in [2.24, 2.45) is 0 Å². The highest BCUT2D eigenvalue weighted by molar-refractivity contribution is 6.31. The van der Waals surface area contributed by atoms with Gasteiger partial charge in [0, 0.05) is 11.4 Å². The van der Waals surface area contributed by atoms with Gasteiger partial charge in [0.05, 0.1) is 11.3 Å². The molecule has 0 radical (unpaired) electrons. The Morgan fingerprint density at radius 2 is 1.91 bits per heavy atom. The topological polar surface area (TPSA) is 66.4 Å². The van der Waals surface area contributed by atoms with Gasteiger partial charge in [0.2, 0.25) is 5.91 Å². The zero-order valence-corrected chi connectivity index (χ0v) is 12.2. The Morgan fingerprint density at radius 3 is 2.59 bits per heavy atom. The summed E-state index contributed by atoms with van der Waals surface area (Å²) < 4.78 is 13.5. The van der Waals surface area contributed by atoms with E-state index in [-0.39, 0.29) is 29.9 Å². The number of nitrogens with one attached hydrogen (secondary N) is 1. The number of halogens is 2. The van der Waals surface area contributed by atoms with E-state index >= 15 is 0 Å². The minimum absolute atomic E-state index is 0.0342. The minimum Gasteiger partial charge on any atom is -0.478 e. The number of aryl methyl sites for hydroxylation is 1. The van der Waals surface area contributed by atoms with Gasteiger partial charge >= 0.3 is 5.97 Å². The fraction of sp³-hybridized carbons (Fsp3) is 0.125. The molecule has 0 aliphatic carbocycles. The highest BCUT2D eigenvalue weighted by Crippen LogP contribution is 2.21. The molecule has 114 valence electrons. The van der Waals surface area contributed by atoms with Crippen LogP contribution in [0.5, 0.6) is 0 Å². The van der Waals surface area contributed by atoms with E-state index in [1.165, 1.54) is 24.3 Å². The van der Waals surface area contributed by atoms with Crippen LogP contribution in [0.1, 0.15) is 22.3 Å². The number of anilines is 1. The maximum Gasteiger partial charge on any atom is 0.337 e. The van der Waals surface area contributed by atoms with Crippen molar-refractivity contribution in [2.75, 3.05) is 5.32 Å². The number of aromatic carboxylic acids is 1. The SMILES string of the molecule is O=C(CCc1ccccc1F)Nc1cc(Cl)ccc1C(=O)O. The summed E-state index contributed by atoms with van der Waals surface area (Å²) in [6.07, 6.45) is 0.258. The molecule has 2 N–H and O–H groups in total. The molecular formula is C16H13ClFNO3. The summed E-state index contributed by atoms with van der Waals surface area (Å²) in [5.41, 5.74) is 0.504. The monoisotopic (exact) mass is 321 g/mol. The summed E-state index contributed by atoms with van der Waals surface area (Å²) in [6, 6.07) is 10.3. The van der Waals surface area contributed by atoms with Crippen LogP contribution >= 0.6 is 11.6 Å². The second kappa shape index (κ2) is 7.04. The molecule has 0 aliphatic rings. The minimum atomic E-state index is -1.17. The first-order valence-corrected chi connectivity index (χ1v) is 6.91. The summed E-state index contributed by atoms with van der Waals surface area (Å²) in [4.78, 5) is 23.0. The summed E-state index contributed by atoms with van der Waals surface area (Å²) in [7, 11) is 0. The third kappa shape index (κ3) is 4.05.